The molecule has 0 aliphatic heterocycles. The quantitative estimate of drug-likeness (QED) is 0.683. The first kappa shape index (κ1) is 13.6. The Hall–Kier alpha value is -2.35. The first-order valence-corrected chi connectivity index (χ1v) is 7.32. The van der Waals surface area contributed by atoms with Gasteiger partial charge in [-0.15, -0.1) is 0 Å². The van der Waals surface area contributed by atoms with Crippen molar-refractivity contribution in [3.05, 3.63) is 58.7 Å². The van der Waals surface area contributed by atoms with E-state index in [1.807, 2.05) is 12.1 Å². The summed E-state index contributed by atoms with van der Waals surface area (Å²) in [4.78, 5) is 15.1. The molecule has 106 valence electrons. The van der Waals surface area contributed by atoms with Crippen molar-refractivity contribution >= 4 is 17.2 Å². The minimum absolute atomic E-state index is 0.758. The second kappa shape index (κ2) is 5.21. The Balaban J connectivity index is 2.37. The maximum Gasteiger partial charge on any atom is 0.152 e. The largest absolute Gasteiger partial charge is 0.354 e. The molecule has 0 fully saturated rings. The van der Waals surface area contributed by atoms with Crippen LogP contribution in [0.5, 0.6) is 0 Å². The molecule has 2 heteroatoms. The average molecular weight is 277 g/mol. The van der Waals surface area contributed by atoms with E-state index in [2.05, 4.69) is 50.0 Å². The van der Waals surface area contributed by atoms with Crippen molar-refractivity contribution in [2.45, 2.75) is 27.2 Å². The van der Waals surface area contributed by atoms with Crippen LogP contribution in [0.3, 0.4) is 0 Å². The summed E-state index contributed by atoms with van der Waals surface area (Å²) < 4.78 is 0. The minimum atomic E-state index is 0.758. The van der Waals surface area contributed by atoms with Crippen LogP contribution in [0, 0.1) is 13.8 Å². The van der Waals surface area contributed by atoms with Crippen molar-refractivity contribution in [1.82, 2.24) is 4.98 Å². The van der Waals surface area contributed by atoms with Gasteiger partial charge in [-0.3, -0.25) is 4.79 Å². The van der Waals surface area contributed by atoms with E-state index in [4.69, 9.17) is 0 Å². The average Bonchev–Trinajstić information content (AvgIpc) is 2.87. The van der Waals surface area contributed by atoms with E-state index >= 15 is 0 Å². The van der Waals surface area contributed by atoms with Crippen LogP contribution in [-0.4, -0.2) is 11.3 Å². The molecule has 0 spiro atoms. The van der Waals surface area contributed by atoms with E-state index in [1.165, 1.54) is 16.7 Å². The van der Waals surface area contributed by atoms with Gasteiger partial charge in [-0.2, -0.15) is 0 Å². The molecule has 0 atom stereocenters. The van der Waals surface area contributed by atoms with Gasteiger partial charge in [-0.25, -0.2) is 0 Å². The number of hydrogen-bond donors (Lipinski definition) is 1. The van der Waals surface area contributed by atoms with E-state index in [0.717, 1.165) is 40.4 Å². The predicted molar refractivity (Wildman–Crippen MR) is 88.0 cm³/mol. The first-order valence-electron chi connectivity index (χ1n) is 7.32. The molecule has 0 aliphatic rings. The first-order chi connectivity index (χ1) is 10.2. The Labute approximate surface area is 124 Å². The van der Waals surface area contributed by atoms with Crippen LogP contribution in [-0.2, 0) is 6.42 Å². The number of hydrogen-bond acceptors (Lipinski definition) is 1. The fraction of sp³-hybridized carbons (Fsp3) is 0.211. The van der Waals surface area contributed by atoms with E-state index in [9.17, 15) is 4.79 Å². The van der Waals surface area contributed by atoms with Crippen LogP contribution < -0.4 is 0 Å². The van der Waals surface area contributed by atoms with Crippen LogP contribution in [0.4, 0.5) is 0 Å². The summed E-state index contributed by atoms with van der Waals surface area (Å²) in [5.74, 6) is 0. The maximum absolute atomic E-state index is 11.7. The lowest BCUT2D eigenvalue weighted by Gasteiger charge is -2.06. The van der Waals surface area contributed by atoms with Gasteiger partial charge in [-0.05, 0) is 37.5 Å². The SMILES string of the molecule is CCc1cccc2c(C=O)c(-c3cc(C)ccc3C)[nH]c12. The summed E-state index contributed by atoms with van der Waals surface area (Å²) in [5.41, 5.74) is 7.49. The lowest BCUT2D eigenvalue weighted by molar-refractivity contribution is 0.112. The lowest BCUT2D eigenvalue weighted by atomic mass is 9.99. The van der Waals surface area contributed by atoms with Crippen molar-refractivity contribution in [1.29, 1.82) is 0 Å². The number of fused-ring (bicyclic) bond motifs is 1. The molecule has 2 aromatic carbocycles. The molecule has 1 heterocycles. The highest BCUT2D eigenvalue weighted by atomic mass is 16.1. The van der Waals surface area contributed by atoms with Gasteiger partial charge in [0.1, 0.15) is 0 Å². The molecule has 3 rings (SSSR count). The number of benzene rings is 2. The van der Waals surface area contributed by atoms with Crippen molar-refractivity contribution in [3.63, 3.8) is 0 Å². The number of aldehydes is 1. The van der Waals surface area contributed by atoms with E-state index in [1.54, 1.807) is 0 Å². The van der Waals surface area contributed by atoms with Gasteiger partial charge in [0.2, 0.25) is 0 Å². The van der Waals surface area contributed by atoms with E-state index in [0.29, 0.717) is 0 Å². The highest BCUT2D eigenvalue weighted by Crippen LogP contribution is 2.33. The zero-order valence-electron chi connectivity index (χ0n) is 12.7. The number of aryl methyl sites for hydroxylation is 3. The monoisotopic (exact) mass is 277 g/mol. The van der Waals surface area contributed by atoms with Crippen LogP contribution in [0.2, 0.25) is 0 Å². The minimum Gasteiger partial charge on any atom is -0.354 e. The number of aromatic nitrogens is 1. The highest BCUT2D eigenvalue weighted by molar-refractivity contribution is 6.05. The number of rotatable bonds is 3. The van der Waals surface area contributed by atoms with E-state index < -0.39 is 0 Å². The molecule has 21 heavy (non-hydrogen) atoms. The van der Waals surface area contributed by atoms with Gasteiger partial charge in [0.25, 0.3) is 0 Å². The molecule has 0 bridgehead atoms. The van der Waals surface area contributed by atoms with Gasteiger partial charge in [-0.1, -0.05) is 42.8 Å². The third kappa shape index (κ3) is 2.17. The Morgan fingerprint density at radius 2 is 1.95 bits per heavy atom. The number of carbonyl (C=O) groups is 1. The Morgan fingerprint density at radius 3 is 2.67 bits per heavy atom. The second-order valence-corrected chi connectivity index (χ2v) is 5.54. The molecule has 0 radical (unpaired) electrons. The zero-order chi connectivity index (χ0) is 15.0. The number of aromatic amines is 1. The second-order valence-electron chi connectivity index (χ2n) is 5.54. The molecule has 0 aliphatic carbocycles. The molecule has 2 nitrogen and oxygen atoms in total. The van der Waals surface area contributed by atoms with Gasteiger partial charge in [0, 0.05) is 22.0 Å². The van der Waals surface area contributed by atoms with Crippen LogP contribution in [0.15, 0.2) is 36.4 Å². The molecule has 0 saturated heterocycles. The summed E-state index contributed by atoms with van der Waals surface area (Å²) >= 11 is 0. The summed E-state index contributed by atoms with van der Waals surface area (Å²) in [6.07, 6.45) is 1.91. The molecule has 0 unspecified atom stereocenters. The lowest BCUT2D eigenvalue weighted by Crippen LogP contribution is -1.89. The summed E-state index contributed by atoms with van der Waals surface area (Å²) in [5, 5.41) is 1.01. The van der Waals surface area contributed by atoms with Crippen LogP contribution >= 0.6 is 0 Å². The highest BCUT2D eigenvalue weighted by Gasteiger charge is 2.15. The summed E-state index contributed by atoms with van der Waals surface area (Å²) in [6, 6.07) is 12.5. The number of carbonyl (C=O) groups excluding carboxylic acids is 1. The van der Waals surface area contributed by atoms with Gasteiger partial charge in [0.15, 0.2) is 6.29 Å². The molecule has 0 amide bonds. The predicted octanol–water partition coefficient (Wildman–Crippen LogP) is 4.83. The normalized spacial score (nSPS) is 11.0. The van der Waals surface area contributed by atoms with Crippen molar-refractivity contribution in [3.8, 4) is 11.3 Å². The van der Waals surface area contributed by atoms with Crippen LogP contribution in [0.1, 0.15) is 34.0 Å². The molecule has 1 N–H and O–H groups in total. The number of para-hydroxylation sites is 1. The Bertz CT molecular complexity index is 827. The third-order valence-corrected chi connectivity index (χ3v) is 4.12. The summed E-state index contributed by atoms with van der Waals surface area (Å²) in [7, 11) is 0. The van der Waals surface area contributed by atoms with Crippen LogP contribution in [0.25, 0.3) is 22.2 Å². The Morgan fingerprint density at radius 1 is 1.14 bits per heavy atom. The molecular formula is C19H19NO. The summed E-state index contributed by atoms with van der Waals surface area (Å²) in [6.45, 7) is 6.28. The molecular weight excluding hydrogens is 258 g/mol. The van der Waals surface area contributed by atoms with Gasteiger partial charge in [0.05, 0.1) is 5.69 Å². The fourth-order valence-corrected chi connectivity index (χ4v) is 2.93. The fourth-order valence-electron chi connectivity index (χ4n) is 2.93. The molecule has 0 saturated carbocycles. The standard InChI is InChI=1S/C19H19NO/c1-4-14-6-5-7-15-17(11-21)19(20-18(14)15)16-10-12(2)8-9-13(16)3/h5-11,20H,4H2,1-3H3. The molecule has 3 aromatic rings. The number of nitrogens with one attached hydrogen (secondary N) is 1. The Kier molecular flexibility index (Phi) is 3.38. The third-order valence-electron chi connectivity index (χ3n) is 4.12. The van der Waals surface area contributed by atoms with Gasteiger partial charge < -0.3 is 4.98 Å². The van der Waals surface area contributed by atoms with Gasteiger partial charge >= 0.3 is 0 Å². The number of H-pyrrole nitrogens is 1. The zero-order valence-corrected chi connectivity index (χ0v) is 12.7. The van der Waals surface area contributed by atoms with Crippen molar-refractivity contribution < 1.29 is 4.79 Å². The maximum atomic E-state index is 11.7. The van der Waals surface area contributed by atoms with E-state index in [-0.39, 0.29) is 0 Å². The molecule has 1 aromatic heterocycles. The van der Waals surface area contributed by atoms with Crippen molar-refractivity contribution in [2.24, 2.45) is 0 Å². The van der Waals surface area contributed by atoms with Crippen molar-refractivity contribution in [2.75, 3.05) is 0 Å². The topological polar surface area (TPSA) is 32.9 Å². The smallest absolute Gasteiger partial charge is 0.152 e.